The minimum absolute atomic E-state index is 0.0677. The van der Waals surface area contributed by atoms with E-state index in [-0.39, 0.29) is 25.6 Å². The number of unbranched alkanes of at least 4 members (excludes halogenated alkanes) is 1. The number of rotatable bonds is 9. The molecule has 2 N–H and O–H groups in total. The summed E-state index contributed by atoms with van der Waals surface area (Å²) >= 11 is 0. The Kier molecular flexibility index (Phi) is 8.79. The standard InChI is InChI=1S/C10H19F3N2O2/c1-2-3-4-15-9(16)7-14-5-6-17-8-10(11,12)13/h14H,2-8H2,1H3,(H,15,16). The molecule has 0 saturated heterocycles. The lowest BCUT2D eigenvalue weighted by Gasteiger charge is -2.08. The van der Waals surface area contributed by atoms with Gasteiger partial charge in [-0.1, -0.05) is 13.3 Å². The Bertz CT molecular complexity index is 210. The molecule has 0 aromatic heterocycles. The summed E-state index contributed by atoms with van der Waals surface area (Å²) in [5.74, 6) is -0.158. The van der Waals surface area contributed by atoms with Gasteiger partial charge in [0.15, 0.2) is 0 Å². The van der Waals surface area contributed by atoms with Crippen molar-refractivity contribution >= 4 is 5.91 Å². The van der Waals surface area contributed by atoms with Gasteiger partial charge in [0, 0.05) is 13.1 Å². The van der Waals surface area contributed by atoms with Crippen LogP contribution < -0.4 is 10.6 Å². The van der Waals surface area contributed by atoms with Gasteiger partial charge >= 0.3 is 6.18 Å². The zero-order chi connectivity index (χ0) is 13.1. The number of ether oxygens (including phenoxy) is 1. The van der Waals surface area contributed by atoms with Crippen molar-refractivity contribution in [3.05, 3.63) is 0 Å². The average Bonchev–Trinajstić information content (AvgIpc) is 2.22. The highest BCUT2D eigenvalue weighted by Gasteiger charge is 2.27. The molecule has 0 aliphatic heterocycles. The van der Waals surface area contributed by atoms with Crippen LogP contribution in [0, 0.1) is 0 Å². The van der Waals surface area contributed by atoms with Crippen LogP contribution in [0.15, 0.2) is 0 Å². The van der Waals surface area contributed by atoms with Crippen molar-refractivity contribution < 1.29 is 22.7 Å². The van der Waals surface area contributed by atoms with E-state index in [1.807, 2.05) is 6.92 Å². The van der Waals surface area contributed by atoms with Crippen LogP contribution in [0.25, 0.3) is 0 Å². The fraction of sp³-hybridized carbons (Fsp3) is 0.900. The van der Waals surface area contributed by atoms with Crippen molar-refractivity contribution in [3.8, 4) is 0 Å². The van der Waals surface area contributed by atoms with E-state index < -0.39 is 12.8 Å². The quantitative estimate of drug-likeness (QED) is 0.607. The van der Waals surface area contributed by atoms with E-state index >= 15 is 0 Å². The second-order valence-electron chi connectivity index (χ2n) is 3.55. The lowest BCUT2D eigenvalue weighted by molar-refractivity contribution is -0.173. The molecule has 1 amide bonds. The largest absolute Gasteiger partial charge is 0.411 e. The van der Waals surface area contributed by atoms with Gasteiger partial charge in [-0.2, -0.15) is 13.2 Å². The molecule has 0 radical (unpaired) electrons. The highest BCUT2D eigenvalue weighted by Crippen LogP contribution is 2.13. The van der Waals surface area contributed by atoms with E-state index in [1.54, 1.807) is 0 Å². The fourth-order valence-corrected chi connectivity index (χ4v) is 1.00. The Morgan fingerprint density at radius 1 is 1.29 bits per heavy atom. The molecular formula is C10H19F3N2O2. The van der Waals surface area contributed by atoms with Crippen molar-refractivity contribution in [2.75, 3.05) is 32.8 Å². The van der Waals surface area contributed by atoms with Gasteiger partial charge in [-0.15, -0.1) is 0 Å². The molecule has 4 nitrogen and oxygen atoms in total. The van der Waals surface area contributed by atoms with E-state index in [0.29, 0.717) is 6.54 Å². The van der Waals surface area contributed by atoms with Crippen LogP contribution in [-0.2, 0) is 9.53 Å². The van der Waals surface area contributed by atoms with E-state index in [9.17, 15) is 18.0 Å². The monoisotopic (exact) mass is 256 g/mol. The number of alkyl halides is 3. The summed E-state index contributed by atoms with van der Waals surface area (Å²) in [7, 11) is 0. The first kappa shape index (κ1) is 16.2. The van der Waals surface area contributed by atoms with E-state index in [2.05, 4.69) is 15.4 Å². The van der Waals surface area contributed by atoms with Gasteiger partial charge in [0.2, 0.25) is 5.91 Å². The summed E-state index contributed by atoms with van der Waals surface area (Å²) in [6.07, 6.45) is -2.38. The molecule has 0 atom stereocenters. The van der Waals surface area contributed by atoms with Crippen LogP contribution in [0.1, 0.15) is 19.8 Å². The molecule has 0 rings (SSSR count). The summed E-state index contributed by atoms with van der Waals surface area (Å²) in [6, 6.07) is 0. The minimum atomic E-state index is -4.29. The van der Waals surface area contributed by atoms with E-state index in [1.165, 1.54) is 0 Å². The fourth-order valence-electron chi connectivity index (χ4n) is 1.00. The highest BCUT2D eigenvalue weighted by molar-refractivity contribution is 5.77. The molecule has 0 aliphatic rings. The molecule has 0 saturated carbocycles. The van der Waals surface area contributed by atoms with Gasteiger partial charge in [-0.3, -0.25) is 4.79 Å². The number of nitrogens with one attached hydrogen (secondary N) is 2. The maximum Gasteiger partial charge on any atom is 0.411 e. The normalized spacial score (nSPS) is 11.5. The van der Waals surface area contributed by atoms with Crippen molar-refractivity contribution in [3.63, 3.8) is 0 Å². The van der Waals surface area contributed by atoms with Gasteiger partial charge in [0.1, 0.15) is 6.61 Å². The molecule has 0 bridgehead atoms. The topological polar surface area (TPSA) is 50.4 Å². The Balaban J connectivity index is 3.25. The summed E-state index contributed by atoms with van der Waals surface area (Å²) in [5.41, 5.74) is 0. The third-order valence-corrected chi connectivity index (χ3v) is 1.83. The van der Waals surface area contributed by atoms with Crippen molar-refractivity contribution in [1.82, 2.24) is 10.6 Å². The van der Waals surface area contributed by atoms with Crippen LogP contribution in [0.2, 0.25) is 0 Å². The van der Waals surface area contributed by atoms with Gasteiger partial charge in [0.25, 0.3) is 0 Å². The number of amides is 1. The predicted octanol–water partition coefficient (Wildman–Crippen LogP) is 1.07. The average molecular weight is 256 g/mol. The highest BCUT2D eigenvalue weighted by atomic mass is 19.4. The zero-order valence-electron chi connectivity index (χ0n) is 9.90. The number of carbonyl (C=O) groups excluding carboxylic acids is 1. The van der Waals surface area contributed by atoms with Crippen LogP contribution in [0.4, 0.5) is 13.2 Å². The molecule has 0 aromatic rings. The first-order valence-electron chi connectivity index (χ1n) is 5.57. The van der Waals surface area contributed by atoms with Crippen molar-refractivity contribution in [2.45, 2.75) is 25.9 Å². The second kappa shape index (κ2) is 9.23. The SMILES string of the molecule is CCCCNC(=O)CNCCOCC(F)(F)F. The third kappa shape index (κ3) is 13.1. The number of carbonyl (C=O) groups is 1. The molecule has 0 unspecified atom stereocenters. The van der Waals surface area contributed by atoms with Crippen molar-refractivity contribution in [1.29, 1.82) is 0 Å². The maximum atomic E-state index is 11.7. The third-order valence-electron chi connectivity index (χ3n) is 1.83. The molecule has 0 spiro atoms. The number of halogens is 3. The van der Waals surface area contributed by atoms with Crippen LogP contribution in [-0.4, -0.2) is 44.9 Å². The van der Waals surface area contributed by atoms with Gasteiger partial charge < -0.3 is 15.4 Å². The van der Waals surface area contributed by atoms with Gasteiger partial charge in [-0.25, -0.2) is 0 Å². The maximum absolute atomic E-state index is 11.7. The Labute approximate surface area is 98.9 Å². The first-order chi connectivity index (χ1) is 7.95. The Morgan fingerprint density at radius 2 is 2.00 bits per heavy atom. The van der Waals surface area contributed by atoms with Gasteiger partial charge in [0.05, 0.1) is 13.2 Å². The molecular weight excluding hydrogens is 237 g/mol. The zero-order valence-corrected chi connectivity index (χ0v) is 9.90. The predicted molar refractivity (Wildman–Crippen MR) is 57.7 cm³/mol. The molecule has 102 valence electrons. The lowest BCUT2D eigenvalue weighted by Crippen LogP contribution is -2.36. The number of hydrogen-bond donors (Lipinski definition) is 2. The van der Waals surface area contributed by atoms with Crippen LogP contribution >= 0.6 is 0 Å². The summed E-state index contributed by atoms with van der Waals surface area (Å²) < 4.78 is 39.3. The molecule has 0 aliphatic carbocycles. The molecule has 7 heteroatoms. The van der Waals surface area contributed by atoms with Gasteiger partial charge in [-0.05, 0) is 6.42 Å². The first-order valence-corrected chi connectivity index (χ1v) is 5.57. The smallest absolute Gasteiger partial charge is 0.371 e. The summed E-state index contributed by atoms with van der Waals surface area (Å²) in [4.78, 5) is 11.1. The van der Waals surface area contributed by atoms with E-state index in [0.717, 1.165) is 12.8 Å². The summed E-state index contributed by atoms with van der Waals surface area (Å²) in [6.45, 7) is 1.64. The van der Waals surface area contributed by atoms with E-state index in [4.69, 9.17) is 0 Å². The molecule has 0 heterocycles. The molecule has 17 heavy (non-hydrogen) atoms. The van der Waals surface area contributed by atoms with Crippen LogP contribution in [0.5, 0.6) is 0 Å². The Morgan fingerprint density at radius 3 is 2.59 bits per heavy atom. The second-order valence-corrected chi connectivity index (χ2v) is 3.55. The minimum Gasteiger partial charge on any atom is -0.371 e. The molecule has 0 aromatic carbocycles. The molecule has 0 fully saturated rings. The lowest BCUT2D eigenvalue weighted by atomic mass is 10.3. The van der Waals surface area contributed by atoms with Crippen molar-refractivity contribution in [2.24, 2.45) is 0 Å². The Hall–Kier alpha value is -0.820. The summed E-state index contributed by atoms with van der Waals surface area (Å²) in [5, 5.41) is 5.37. The number of hydrogen-bond acceptors (Lipinski definition) is 3. The van der Waals surface area contributed by atoms with Crippen LogP contribution in [0.3, 0.4) is 0 Å².